The molecule has 1 saturated carbocycles. The molecule has 2 fully saturated rings. The van der Waals surface area contributed by atoms with E-state index >= 15 is 0 Å². The molecule has 124 valence electrons. The van der Waals surface area contributed by atoms with Crippen LogP contribution in [0.25, 0.3) is 0 Å². The molecule has 1 aliphatic carbocycles. The molecule has 1 aliphatic heterocycles. The highest BCUT2D eigenvalue weighted by Crippen LogP contribution is 2.30. The summed E-state index contributed by atoms with van der Waals surface area (Å²) >= 11 is 0. The van der Waals surface area contributed by atoms with Crippen LogP contribution in [0, 0.1) is 5.92 Å². The van der Waals surface area contributed by atoms with Crippen molar-refractivity contribution in [2.45, 2.75) is 64.0 Å². The largest absolute Gasteiger partial charge is 0.314 e. The summed E-state index contributed by atoms with van der Waals surface area (Å²) in [6.07, 6.45) is 8.94. The zero-order valence-electron chi connectivity index (χ0n) is 13.2. The molecule has 0 spiro atoms. The van der Waals surface area contributed by atoms with Crippen LogP contribution >= 0.6 is 0 Å². The highest BCUT2D eigenvalue weighted by atomic mass is 32.2. The van der Waals surface area contributed by atoms with Gasteiger partial charge in [-0.1, -0.05) is 26.2 Å². The molecule has 1 saturated heterocycles. The third-order valence-electron chi connectivity index (χ3n) is 4.83. The predicted molar refractivity (Wildman–Crippen MR) is 86.9 cm³/mol. The Morgan fingerprint density at radius 3 is 2.57 bits per heavy atom. The average Bonchev–Trinajstić information content (AvgIpc) is 2.48. The summed E-state index contributed by atoms with van der Waals surface area (Å²) in [5.41, 5.74) is 0. The van der Waals surface area contributed by atoms with Crippen LogP contribution in [0.2, 0.25) is 0 Å². The minimum Gasteiger partial charge on any atom is -0.314 e. The quantitative estimate of drug-likeness (QED) is 0.660. The first-order valence-electron chi connectivity index (χ1n) is 8.56. The first kappa shape index (κ1) is 17.2. The van der Waals surface area contributed by atoms with Gasteiger partial charge in [0.05, 0.1) is 5.75 Å². The molecule has 0 aromatic carbocycles. The van der Waals surface area contributed by atoms with E-state index in [9.17, 15) is 8.42 Å². The predicted octanol–water partition coefficient (Wildman–Crippen LogP) is 1.22. The van der Waals surface area contributed by atoms with Gasteiger partial charge in [-0.3, -0.25) is 0 Å². The van der Waals surface area contributed by atoms with E-state index < -0.39 is 10.0 Å². The fraction of sp³-hybridized carbons (Fsp3) is 1.00. The molecule has 3 N–H and O–H groups in total. The number of hydrogen-bond donors (Lipinski definition) is 3. The maximum atomic E-state index is 11.7. The van der Waals surface area contributed by atoms with Crippen molar-refractivity contribution in [2.75, 3.05) is 25.4 Å². The number of rotatable bonds is 7. The summed E-state index contributed by atoms with van der Waals surface area (Å²) in [5.74, 6) is 0.850. The molecule has 2 rings (SSSR count). The Balaban J connectivity index is 1.81. The second-order valence-electron chi connectivity index (χ2n) is 6.38. The molecule has 2 aliphatic rings. The molecule has 5 nitrogen and oxygen atoms in total. The standard InChI is InChI=1S/C15H31N3O2S/c1-2-18-21(19,20)12-11-17-15-8-4-3-7-13(15)14-9-5-6-10-16-14/h13-18H,2-12H2,1H3. The van der Waals surface area contributed by atoms with Gasteiger partial charge in [-0.25, -0.2) is 13.1 Å². The van der Waals surface area contributed by atoms with Gasteiger partial charge in [0.2, 0.25) is 10.0 Å². The fourth-order valence-electron chi connectivity index (χ4n) is 3.81. The summed E-state index contributed by atoms with van der Waals surface area (Å²) in [5, 5.41) is 7.20. The van der Waals surface area contributed by atoms with Crippen LogP contribution in [0.15, 0.2) is 0 Å². The van der Waals surface area contributed by atoms with Crippen LogP contribution < -0.4 is 15.4 Å². The van der Waals surface area contributed by atoms with Crippen molar-refractivity contribution in [3.63, 3.8) is 0 Å². The van der Waals surface area contributed by atoms with Crippen molar-refractivity contribution >= 4 is 10.0 Å². The first-order chi connectivity index (χ1) is 10.1. The zero-order chi connectivity index (χ0) is 15.1. The smallest absolute Gasteiger partial charge is 0.212 e. The van der Waals surface area contributed by atoms with Crippen LogP contribution in [0.1, 0.15) is 51.9 Å². The molecule has 0 bridgehead atoms. The Hall–Kier alpha value is -0.170. The van der Waals surface area contributed by atoms with E-state index in [-0.39, 0.29) is 5.75 Å². The molecular weight excluding hydrogens is 286 g/mol. The lowest BCUT2D eigenvalue weighted by atomic mass is 9.77. The second kappa shape index (κ2) is 8.46. The van der Waals surface area contributed by atoms with Crippen molar-refractivity contribution in [2.24, 2.45) is 5.92 Å². The summed E-state index contributed by atoms with van der Waals surface area (Å²) in [7, 11) is -3.10. The van der Waals surface area contributed by atoms with Gasteiger partial charge < -0.3 is 10.6 Å². The number of hydrogen-bond acceptors (Lipinski definition) is 4. The van der Waals surface area contributed by atoms with Crippen LogP contribution in [0.4, 0.5) is 0 Å². The van der Waals surface area contributed by atoms with Gasteiger partial charge in [0, 0.05) is 25.2 Å². The maximum absolute atomic E-state index is 11.7. The Kier molecular flexibility index (Phi) is 6.92. The van der Waals surface area contributed by atoms with Crippen molar-refractivity contribution < 1.29 is 8.42 Å². The molecule has 1 heterocycles. The molecule has 0 aromatic heterocycles. The van der Waals surface area contributed by atoms with E-state index in [1.165, 1.54) is 44.9 Å². The van der Waals surface area contributed by atoms with E-state index in [1.54, 1.807) is 0 Å². The van der Waals surface area contributed by atoms with E-state index in [2.05, 4.69) is 15.4 Å². The summed E-state index contributed by atoms with van der Waals surface area (Å²) < 4.78 is 25.9. The Morgan fingerprint density at radius 2 is 1.86 bits per heavy atom. The highest BCUT2D eigenvalue weighted by molar-refractivity contribution is 7.89. The maximum Gasteiger partial charge on any atom is 0.212 e. The van der Waals surface area contributed by atoms with Gasteiger partial charge in [-0.15, -0.1) is 0 Å². The normalized spacial score (nSPS) is 31.2. The van der Waals surface area contributed by atoms with E-state index in [0.717, 1.165) is 6.54 Å². The van der Waals surface area contributed by atoms with Gasteiger partial charge in [-0.05, 0) is 38.1 Å². The summed E-state index contributed by atoms with van der Waals surface area (Å²) in [4.78, 5) is 0. The van der Waals surface area contributed by atoms with Crippen molar-refractivity contribution in [3.05, 3.63) is 0 Å². The third-order valence-corrected chi connectivity index (χ3v) is 6.30. The van der Waals surface area contributed by atoms with Crippen molar-refractivity contribution in [3.8, 4) is 0 Å². The molecule has 6 heteroatoms. The molecule has 0 radical (unpaired) electrons. The van der Waals surface area contributed by atoms with Gasteiger partial charge >= 0.3 is 0 Å². The molecule has 0 amide bonds. The van der Waals surface area contributed by atoms with E-state index in [1.807, 2.05) is 6.92 Å². The van der Waals surface area contributed by atoms with Gasteiger partial charge in [0.1, 0.15) is 0 Å². The monoisotopic (exact) mass is 317 g/mol. The second-order valence-corrected chi connectivity index (χ2v) is 8.31. The van der Waals surface area contributed by atoms with E-state index in [4.69, 9.17) is 0 Å². The number of sulfonamides is 1. The SMILES string of the molecule is CCNS(=O)(=O)CCNC1CCCCC1C1CCCCN1. The van der Waals surface area contributed by atoms with Gasteiger partial charge in [0.15, 0.2) is 0 Å². The number of nitrogens with one attached hydrogen (secondary N) is 3. The fourth-order valence-corrected chi connectivity index (χ4v) is 4.78. The third kappa shape index (κ3) is 5.51. The zero-order valence-corrected chi connectivity index (χ0v) is 14.1. The molecular formula is C15H31N3O2S. The van der Waals surface area contributed by atoms with Gasteiger partial charge in [0.25, 0.3) is 0 Å². The lowest BCUT2D eigenvalue weighted by Crippen LogP contribution is -2.51. The Labute approximate surface area is 129 Å². The van der Waals surface area contributed by atoms with E-state index in [0.29, 0.717) is 31.1 Å². The van der Waals surface area contributed by atoms with Crippen LogP contribution in [-0.4, -0.2) is 45.9 Å². The lowest BCUT2D eigenvalue weighted by molar-refractivity contribution is 0.184. The minimum atomic E-state index is -3.10. The number of piperidine rings is 1. The summed E-state index contributed by atoms with van der Waals surface area (Å²) in [6.45, 7) is 3.99. The minimum absolute atomic E-state index is 0.183. The summed E-state index contributed by atoms with van der Waals surface area (Å²) in [6, 6.07) is 1.10. The Morgan fingerprint density at radius 1 is 1.10 bits per heavy atom. The van der Waals surface area contributed by atoms with Crippen LogP contribution in [0.3, 0.4) is 0 Å². The Bertz CT molecular complexity index is 394. The van der Waals surface area contributed by atoms with Crippen LogP contribution in [-0.2, 0) is 10.0 Å². The van der Waals surface area contributed by atoms with Crippen molar-refractivity contribution in [1.82, 2.24) is 15.4 Å². The average molecular weight is 317 g/mol. The first-order valence-corrected chi connectivity index (χ1v) is 10.2. The molecule has 21 heavy (non-hydrogen) atoms. The molecule has 3 unspecified atom stereocenters. The van der Waals surface area contributed by atoms with Gasteiger partial charge in [-0.2, -0.15) is 0 Å². The highest BCUT2D eigenvalue weighted by Gasteiger charge is 2.32. The molecule has 0 aromatic rings. The van der Waals surface area contributed by atoms with Crippen molar-refractivity contribution in [1.29, 1.82) is 0 Å². The topological polar surface area (TPSA) is 70.2 Å². The molecule has 3 atom stereocenters. The van der Waals surface area contributed by atoms with Crippen LogP contribution in [0.5, 0.6) is 0 Å². The lowest BCUT2D eigenvalue weighted by Gasteiger charge is -2.40.